The summed E-state index contributed by atoms with van der Waals surface area (Å²) in [6, 6.07) is 6.41. The van der Waals surface area contributed by atoms with Gasteiger partial charge in [0.05, 0.1) is 18.0 Å². The Morgan fingerprint density at radius 1 is 1.40 bits per heavy atom. The molecule has 25 heavy (non-hydrogen) atoms. The van der Waals surface area contributed by atoms with E-state index in [4.69, 9.17) is 0 Å². The zero-order chi connectivity index (χ0) is 18.2. The van der Waals surface area contributed by atoms with Crippen LogP contribution in [0.5, 0.6) is 0 Å². The van der Waals surface area contributed by atoms with Gasteiger partial charge in [-0.25, -0.2) is 0 Å². The lowest BCUT2D eigenvalue weighted by Crippen LogP contribution is -2.32. The highest BCUT2D eigenvalue weighted by atomic mass is 15.5. The molecule has 0 aromatic heterocycles. The van der Waals surface area contributed by atoms with Gasteiger partial charge in [0, 0.05) is 23.1 Å². The van der Waals surface area contributed by atoms with Crippen LogP contribution in [0.2, 0.25) is 0 Å². The van der Waals surface area contributed by atoms with Crippen molar-refractivity contribution in [1.82, 2.24) is 5.01 Å². The van der Waals surface area contributed by atoms with Crippen LogP contribution in [0, 0.1) is 11.8 Å². The first-order chi connectivity index (χ1) is 12.1. The molecule has 1 aliphatic heterocycles. The van der Waals surface area contributed by atoms with Crippen LogP contribution in [-0.2, 0) is 0 Å². The Labute approximate surface area is 152 Å². The van der Waals surface area contributed by atoms with E-state index in [1.807, 2.05) is 24.2 Å². The molecule has 2 heteroatoms. The number of nitrogens with zero attached hydrogens (tertiary/aromatic N) is 2. The van der Waals surface area contributed by atoms with Crippen LogP contribution in [0.25, 0.3) is 5.70 Å². The monoisotopic (exact) mass is 332 g/mol. The fourth-order valence-electron chi connectivity index (χ4n) is 2.88. The van der Waals surface area contributed by atoms with Crippen LogP contribution in [-0.4, -0.2) is 17.3 Å². The molecule has 0 amide bonds. The van der Waals surface area contributed by atoms with Gasteiger partial charge in [-0.1, -0.05) is 56.1 Å². The molecule has 1 atom stereocenters. The molecular formula is C23H28N2. The predicted octanol–water partition coefficient (Wildman–Crippen LogP) is 5.76. The minimum atomic E-state index is 0.142. The molecule has 0 spiro atoms. The van der Waals surface area contributed by atoms with Crippen molar-refractivity contribution in [2.75, 3.05) is 0 Å². The van der Waals surface area contributed by atoms with Crippen molar-refractivity contribution in [3.63, 3.8) is 0 Å². The lowest BCUT2D eigenvalue weighted by atomic mass is 9.98. The summed E-state index contributed by atoms with van der Waals surface area (Å²) in [6.45, 7) is 16.4. The summed E-state index contributed by atoms with van der Waals surface area (Å²) < 4.78 is 0. The lowest BCUT2D eigenvalue weighted by molar-refractivity contribution is 0.328. The van der Waals surface area contributed by atoms with Crippen molar-refractivity contribution in [3.8, 4) is 11.8 Å². The van der Waals surface area contributed by atoms with Crippen molar-refractivity contribution in [2.24, 2.45) is 5.10 Å². The highest BCUT2D eigenvalue weighted by Crippen LogP contribution is 2.31. The first-order valence-electron chi connectivity index (χ1n) is 9.00. The van der Waals surface area contributed by atoms with Gasteiger partial charge >= 0.3 is 0 Å². The minimum Gasteiger partial charge on any atom is -0.258 e. The number of rotatable bonds is 7. The Kier molecular flexibility index (Phi) is 6.83. The van der Waals surface area contributed by atoms with E-state index in [1.54, 1.807) is 0 Å². The number of unbranched alkanes of at least 4 members (excludes halogenated alkanes) is 2. The number of fused-ring (bicyclic) bond motifs is 1. The molecule has 2 rings (SSSR count). The molecule has 1 aliphatic rings. The van der Waals surface area contributed by atoms with Gasteiger partial charge in [0.15, 0.2) is 0 Å². The Hall–Kier alpha value is -2.53. The van der Waals surface area contributed by atoms with E-state index in [0.29, 0.717) is 0 Å². The van der Waals surface area contributed by atoms with Crippen molar-refractivity contribution < 1.29 is 0 Å². The molecule has 1 aromatic carbocycles. The third kappa shape index (κ3) is 4.73. The van der Waals surface area contributed by atoms with Gasteiger partial charge in [-0.2, -0.15) is 5.10 Å². The number of hydrazone groups is 1. The SMILES string of the molecule is C=CCCC(C(=C)C)N1N=Cc2cc(C#CCCCC)ccc2C1=C. The molecule has 1 aromatic rings. The van der Waals surface area contributed by atoms with Crippen LogP contribution < -0.4 is 0 Å². The molecule has 0 fully saturated rings. The molecule has 0 radical (unpaired) electrons. The van der Waals surface area contributed by atoms with E-state index in [2.05, 4.69) is 61.8 Å². The van der Waals surface area contributed by atoms with Crippen LogP contribution in [0.15, 0.2) is 54.7 Å². The number of hydrogen-bond donors (Lipinski definition) is 0. The van der Waals surface area contributed by atoms with Crippen molar-refractivity contribution >= 4 is 11.9 Å². The van der Waals surface area contributed by atoms with E-state index < -0.39 is 0 Å². The molecule has 0 saturated heterocycles. The third-order valence-corrected chi connectivity index (χ3v) is 4.36. The van der Waals surface area contributed by atoms with Crippen LogP contribution in [0.4, 0.5) is 0 Å². The quantitative estimate of drug-likeness (QED) is 0.352. The summed E-state index contributed by atoms with van der Waals surface area (Å²) in [7, 11) is 0. The lowest BCUT2D eigenvalue weighted by Gasteiger charge is -2.34. The highest BCUT2D eigenvalue weighted by molar-refractivity contribution is 5.91. The van der Waals surface area contributed by atoms with Gasteiger partial charge in [0.1, 0.15) is 0 Å². The molecule has 0 N–H and O–H groups in total. The van der Waals surface area contributed by atoms with Crippen LogP contribution >= 0.6 is 0 Å². The normalized spacial score (nSPS) is 13.7. The van der Waals surface area contributed by atoms with Gasteiger partial charge in [-0.15, -0.1) is 6.58 Å². The smallest absolute Gasteiger partial charge is 0.0733 e. The number of benzene rings is 1. The second-order valence-electron chi connectivity index (χ2n) is 6.47. The van der Waals surface area contributed by atoms with Crippen LogP contribution in [0.1, 0.15) is 62.6 Å². The molecule has 130 valence electrons. The van der Waals surface area contributed by atoms with E-state index >= 15 is 0 Å². The molecule has 1 unspecified atom stereocenters. The van der Waals surface area contributed by atoms with Gasteiger partial charge in [0.25, 0.3) is 0 Å². The maximum Gasteiger partial charge on any atom is 0.0733 e. The summed E-state index contributed by atoms with van der Waals surface area (Å²) in [6.07, 6.45) is 8.98. The molecule has 1 heterocycles. The van der Waals surface area contributed by atoms with E-state index in [-0.39, 0.29) is 6.04 Å². The Morgan fingerprint density at radius 2 is 2.20 bits per heavy atom. The maximum absolute atomic E-state index is 4.64. The van der Waals surface area contributed by atoms with Gasteiger partial charge in [-0.3, -0.25) is 5.01 Å². The zero-order valence-electron chi connectivity index (χ0n) is 15.5. The topological polar surface area (TPSA) is 15.6 Å². The van der Waals surface area contributed by atoms with E-state index in [1.165, 1.54) is 6.42 Å². The average molecular weight is 332 g/mol. The number of hydrogen-bond acceptors (Lipinski definition) is 2. The Morgan fingerprint density at radius 3 is 2.88 bits per heavy atom. The minimum absolute atomic E-state index is 0.142. The largest absolute Gasteiger partial charge is 0.258 e. The zero-order valence-corrected chi connectivity index (χ0v) is 15.5. The summed E-state index contributed by atoms with van der Waals surface area (Å²) in [5.74, 6) is 6.48. The van der Waals surface area contributed by atoms with E-state index in [9.17, 15) is 0 Å². The predicted molar refractivity (Wildman–Crippen MR) is 109 cm³/mol. The molecule has 2 nitrogen and oxygen atoms in total. The van der Waals surface area contributed by atoms with Gasteiger partial charge < -0.3 is 0 Å². The first kappa shape index (κ1) is 18.8. The molecule has 0 bridgehead atoms. The average Bonchev–Trinajstić information content (AvgIpc) is 2.60. The number of allylic oxidation sites excluding steroid dienone is 1. The molecule has 0 aliphatic carbocycles. The van der Waals surface area contributed by atoms with Crippen molar-refractivity contribution in [1.29, 1.82) is 0 Å². The van der Waals surface area contributed by atoms with Crippen molar-refractivity contribution in [2.45, 2.75) is 52.0 Å². The third-order valence-electron chi connectivity index (χ3n) is 4.36. The standard InChI is InChI=1S/C23H28N2/c1-6-8-10-11-12-20-14-15-22-19(5)25(24-17-21(22)16-20)23(18(3)4)13-9-7-2/h7,14-17,23H,2-3,5-6,8-10,13H2,1,4H3. The summed E-state index contributed by atoms with van der Waals surface area (Å²) in [4.78, 5) is 0. The fraction of sp³-hybridized carbons (Fsp3) is 0.348. The Bertz CT molecular complexity index is 743. The first-order valence-corrected chi connectivity index (χ1v) is 9.00. The second-order valence-corrected chi connectivity index (χ2v) is 6.47. The summed E-state index contributed by atoms with van der Waals surface area (Å²) in [5.41, 5.74) is 5.22. The van der Waals surface area contributed by atoms with Crippen LogP contribution in [0.3, 0.4) is 0 Å². The molecule has 0 saturated carbocycles. The van der Waals surface area contributed by atoms with E-state index in [0.717, 1.165) is 53.6 Å². The van der Waals surface area contributed by atoms with Crippen molar-refractivity contribution in [3.05, 3.63) is 66.3 Å². The van der Waals surface area contributed by atoms with Gasteiger partial charge in [-0.05, 0) is 38.3 Å². The second kappa shape index (κ2) is 9.08. The summed E-state index contributed by atoms with van der Waals surface area (Å²) >= 11 is 0. The highest BCUT2D eigenvalue weighted by Gasteiger charge is 2.24. The molecular weight excluding hydrogens is 304 g/mol. The maximum atomic E-state index is 4.64. The Balaban J connectivity index is 2.22. The summed E-state index contributed by atoms with van der Waals surface area (Å²) in [5, 5.41) is 6.63. The fourth-order valence-corrected chi connectivity index (χ4v) is 2.88. The van der Waals surface area contributed by atoms with Gasteiger partial charge in [0.2, 0.25) is 0 Å².